The SMILES string of the molecule is COC(=O)C(C)(Cc1ccc(OCCc2nc(-c3ccccc3)oc2C)cc1)n1ccc(Br)c1. The third kappa shape index (κ3) is 5.25. The minimum absolute atomic E-state index is 0.297. The molecule has 0 aliphatic rings. The number of halogens is 1. The number of nitrogens with zero attached hydrogens (tertiary/aromatic N) is 2. The number of aryl methyl sites for hydroxylation is 1. The molecule has 7 heteroatoms. The van der Waals surface area contributed by atoms with Crippen molar-refractivity contribution >= 4 is 21.9 Å². The molecule has 6 nitrogen and oxygen atoms in total. The van der Waals surface area contributed by atoms with Gasteiger partial charge < -0.3 is 18.5 Å². The van der Waals surface area contributed by atoms with Crippen molar-refractivity contribution in [2.75, 3.05) is 13.7 Å². The minimum atomic E-state index is -0.857. The van der Waals surface area contributed by atoms with Crippen LogP contribution in [-0.4, -0.2) is 29.2 Å². The Labute approximate surface area is 207 Å². The highest BCUT2D eigenvalue weighted by molar-refractivity contribution is 9.10. The number of esters is 1. The first-order chi connectivity index (χ1) is 16.4. The predicted molar refractivity (Wildman–Crippen MR) is 134 cm³/mol. The predicted octanol–water partition coefficient (Wildman–Crippen LogP) is 5.97. The molecule has 1 atom stereocenters. The zero-order chi connectivity index (χ0) is 24.1. The summed E-state index contributed by atoms with van der Waals surface area (Å²) in [6, 6.07) is 19.5. The Morgan fingerprint density at radius 3 is 2.50 bits per heavy atom. The average molecular weight is 523 g/mol. The van der Waals surface area contributed by atoms with E-state index in [1.807, 2.05) is 91.5 Å². The van der Waals surface area contributed by atoms with E-state index in [9.17, 15) is 4.79 Å². The van der Waals surface area contributed by atoms with Gasteiger partial charge in [0.25, 0.3) is 0 Å². The topological polar surface area (TPSA) is 66.5 Å². The summed E-state index contributed by atoms with van der Waals surface area (Å²) in [5.74, 6) is 1.89. The summed E-state index contributed by atoms with van der Waals surface area (Å²) in [4.78, 5) is 17.2. The quantitative estimate of drug-likeness (QED) is 0.253. The highest BCUT2D eigenvalue weighted by Gasteiger charge is 2.36. The maximum absolute atomic E-state index is 12.6. The van der Waals surface area contributed by atoms with Gasteiger partial charge >= 0.3 is 5.97 Å². The van der Waals surface area contributed by atoms with Crippen LogP contribution in [0.1, 0.15) is 23.9 Å². The zero-order valence-electron chi connectivity index (χ0n) is 19.5. The van der Waals surface area contributed by atoms with Crippen LogP contribution < -0.4 is 4.74 Å². The first-order valence-corrected chi connectivity index (χ1v) is 11.8. The molecule has 0 spiro atoms. The number of carbonyl (C=O) groups excluding carboxylic acids is 1. The Hall–Kier alpha value is -3.32. The van der Waals surface area contributed by atoms with Crippen molar-refractivity contribution < 1.29 is 18.7 Å². The number of benzene rings is 2. The van der Waals surface area contributed by atoms with Gasteiger partial charge in [0, 0.05) is 35.3 Å². The molecule has 176 valence electrons. The molecule has 4 aromatic rings. The second kappa shape index (κ2) is 10.3. The van der Waals surface area contributed by atoms with Crippen molar-refractivity contribution in [1.29, 1.82) is 0 Å². The zero-order valence-corrected chi connectivity index (χ0v) is 21.0. The molecule has 0 saturated heterocycles. The summed E-state index contributed by atoms with van der Waals surface area (Å²) in [6.07, 6.45) is 4.88. The molecule has 0 radical (unpaired) electrons. The van der Waals surface area contributed by atoms with E-state index < -0.39 is 5.54 Å². The van der Waals surface area contributed by atoms with Gasteiger partial charge in [-0.1, -0.05) is 30.3 Å². The van der Waals surface area contributed by atoms with E-state index in [0.29, 0.717) is 25.3 Å². The van der Waals surface area contributed by atoms with Gasteiger partial charge in [-0.05, 0) is 65.7 Å². The number of oxazole rings is 1. The first-order valence-electron chi connectivity index (χ1n) is 11.0. The van der Waals surface area contributed by atoms with Crippen LogP contribution in [0.25, 0.3) is 11.5 Å². The number of aromatic nitrogens is 2. The molecular weight excluding hydrogens is 496 g/mol. The maximum atomic E-state index is 12.6. The van der Waals surface area contributed by atoms with E-state index in [1.165, 1.54) is 7.11 Å². The highest BCUT2D eigenvalue weighted by atomic mass is 79.9. The Bertz CT molecular complexity index is 1250. The van der Waals surface area contributed by atoms with Gasteiger partial charge in [0.15, 0.2) is 0 Å². The van der Waals surface area contributed by atoms with Gasteiger partial charge in [0.05, 0.1) is 19.4 Å². The molecule has 0 saturated carbocycles. The van der Waals surface area contributed by atoms with Crippen molar-refractivity contribution in [3.63, 3.8) is 0 Å². The lowest BCUT2D eigenvalue weighted by atomic mass is 9.92. The lowest BCUT2D eigenvalue weighted by Gasteiger charge is -2.29. The highest BCUT2D eigenvalue weighted by Crippen LogP contribution is 2.27. The van der Waals surface area contributed by atoms with Crippen LogP contribution >= 0.6 is 15.9 Å². The largest absolute Gasteiger partial charge is 0.493 e. The summed E-state index contributed by atoms with van der Waals surface area (Å²) in [7, 11) is 1.41. The van der Waals surface area contributed by atoms with E-state index in [1.54, 1.807) is 0 Å². The van der Waals surface area contributed by atoms with Gasteiger partial charge in [-0.3, -0.25) is 0 Å². The smallest absolute Gasteiger partial charge is 0.332 e. The molecule has 0 bridgehead atoms. The third-order valence-corrected chi connectivity index (χ3v) is 6.31. The fraction of sp³-hybridized carbons (Fsp3) is 0.259. The summed E-state index contributed by atoms with van der Waals surface area (Å²) >= 11 is 3.45. The Morgan fingerprint density at radius 1 is 1.12 bits per heavy atom. The standard InChI is InChI=1S/C27H27BrN2O4/c1-19-24(29-25(34-19)21-7-5-4-6-8-21)14-16-33-23-11-9-20(10-12-23)17-27(2,26(31)32-3)30-15-13-22(28)18-30/h4-13,15,18H,14,16-17H2,1-3H3. The van der Waals surface area contributed by atoms with Crippen LogP contribution in [0.2, 0.25) is 0 Å². The van der Waals surface area contributed by atoms with Crippen LogP contribution in [0.4, 0.5) is 0 Å². The number of methoxy groups -OCH3 is 1. The monoisotopic (exact) mass is 522 g/mol. The molecule has 4 rings (SSSR count). The van der Waals surface area contributed by atoms with E-state index in [4.69, 9.17) is 13.9 Å². The van der Waals surface area contributed by atoms with Gasteiger partial charge in [0.1, 0.15) is 17.0 Å². The third-order valence-electron chi connectivity index (χ3n) is 5.84. The number of ether oxygens (including phenoxy) is 2. The van der Waals surface area contributed by atoms with Gasteiger partial charge in [0.2, 0.25) is 5.89 Å². The van der Waals surface area contributed by atoms with Gasteiger partial charge in [-0.25, -0.2) is 9.78 Å². The normalized spacial score (nSPS) is 12.8. The number of hydrogen-bond donors (Lipinski definition) is 0. The summed E-state index contributed by atoms with van der Waals surface area (Å²) in [5.41, 5.74) is 2.00. The first kappa shape index (κ1) is 23.8. The lowest BCUT2D eigenvalue weighted by Crippen LogP contribution is -2.41. The average Bonchev–Trinajstić information content (AvgIpc) is 3.46. The molecule has 1 unspecified atom stereocenters. The molecule has 2 aromatic heterocycles. The molecule has 0 amide bonds. The molecular formula is C27H27BrN2O4. The van der Waals surface area contributed by atoms with Crippen molar-refractivity contribution in [3.8, 4) is 17.2 Å². The van der Waals surface area contributed by atoms with E-state index in [2.05, 4.69) is 20.9 Å². The molecule has 0 aliphatic heterocycles. The van der Waals surface area contributed by atoms with Crippen molar-refractivity contribution in [3.05, 3.63) is 94.5 Å². The summed E-state index contributed by atoms with van der Waals surface area (Å²) < 4.78 is 19.6. The number of carbonyl (C=O) groups is 1. The fourth-order valence-corrected chi connectivity index (χ4v) is 4.24. The van der Waals surface area contributed by atoms with E-state index in [-0.39, 0.29) is 5.97 Å². The van der Waals surface area contributed by atoms with Crippen molar-refractivity contribution in [1.82, 2.24) is 9.55 Å². The molecule has 0 N–H and O–H groups in total. The lowest BCUT2D eigenvalue weighted by molar-refractivity contribution is -0.150. The molecule has 34 heavy (non-hydrogen) atoms. The summed E-state index contributed by atoms with van der Waals surface area (Å²) in [5, 5.41) is 0. The van der Waals surface area contributed by atoms with E-state index >= 15 is 0 Å². The van der Waals surface area contributed by atoms with Gasteiger partial charge in [-0.15, -0.1) is 0 Å². The summed E-state index contributed by atoms with van der Waals surface area (Å²) in [6.45, 7) is 4.28. The van der Waals surface area contributed by atoms with Crippen LogP contribution in [-0.2, 0) is 27.9 Å². The molecule has 0 fully saturated rings. The van der Waals surface area contributed by atoms with Crippen LogP contribution in [0.3, 0.4) is 0 Å². The van der Waals surface area contributed by atoms with Crippen molar-refractivity contribution in [2.24, 2.45) is 0 Å². The Balaban J connectivity index is 1.38. The van der Waals surface area contributed by atoms with Crippen molar-refractivity contribution in [2.45, 2.75) is 32.2 Å². The number of hydrogen-bond acceptors (Lipinski definition) is 5. The Kier molecular flexibility index (Phi) is 7.22. The molecule has 2 aromatic carbocycles. The van der Waals surface area contributed by atoms with E-state index in [0.717, 1.165) is 32.8 Å². The second-order valence-corrected chi connectivity index (χ2v) is 9.23. The fourth-order valence-electron chi connectivity index (χ4n) is 3.90. The molecule has 0 aliphatic carbocycles. The molecule has 2 heterocycles. The second-order valence-electron chi connectivity index (χ2n) is 8.31. The Morgan fingerprint density at radius 2 is 1.85 bits per heavy atom. The minimum Gasteiger partial charge on any atom is -0.493 e. The number of rotatable bonds is 9. The van der Waals surface area contributed by atoms with Crippen LogP contribution in [0.15, 0.2) is 81.9 Å². The van der Waals surface area contributed by atoms with Crippen LogP contribution in [0, 0.1) is 6.92 Å². The van der Waals surface area contributed by atoms with Gasteiger partial charge in [-0.2, -0.15) is 0 Å². The maximum Gasteiger partial charge on any atom is 0.332 e. The van der Waals surface area contributed by atoms with Crippen LogP contribution in [0.5, 0.6) is 5.75 Å².